The molecule has 29 heavy (non-hydrogen) atoms. The van der Waals surface area contributed by atoms with Crippen molar-refractivity contribution in [1.82, 2.24) is 0 Å². The van der Waals surface area contributed by atoms with Crippen LogP contribution in [0.1, 0.15) is 26.5 Å². The molecule has 2 aromatic carbocycles. The summed E-state index contributed by atoms with van der Waals surface area (Å²) in [6.07, 6.45) is 0.234. The van der Waals surface area contributed by atoms with Gasteiger partial charge >= 0.3 is 5.97 Å². The van der Waals surface area contributed by atoms with E-state index >= 15 is 0 Å². The maximum absolute atomic E-state index is 13.8. The number of carbonyl (C=O) groups is 3. The number of esters is 1. The molecule has 1 aliphatic heterocycles. The van der Waals surface area contributed by atoms with Gasteiger partial charge in [0.25, 0.3) is 0 Å². The van der Waals surface area contributed by atoms with E-state index in [4.69, 9.17) is 9.15 Å². The van der Waals surface area contributed by atoms with E-state index in [9.17, 15) is 18.8 Å². The fourth-order valence-corrected chi connectivity index (χ4v) is 3.18. The number of amides is 1. The van der Waals surface area contributed by atoms with E-state index in [1.165, 1.54) is 29.2 Å². The summed E-state index contributed by atoms with van der Waals surface area (Å²) in [6, 6.07) is 13.8. The molecule has 1 aromatic heterocycles. The topological polar surface area (TPSA) is 76.8 Å². The summed E-state index contributed by atoms with van der Waals surface area (Å²) in [6.45, 7) is -0.475. The third kappa shape index (κ3) is 3.54. The van der Waals surface area contributed by atoms with Gasteiger partial charge in [-0.3, -0.25) is 9.59 Å². The molecule has 0 atom stereocenters. The molecule has 3 aromatic rings. The molecule has 0 aliphatic carbocycles. The standard InChI is InChI=1S/C22H16FNO5/c1-24-17-7-6-13(10-14(17)11-21(24)26)18(25)12-28-22(27)20-9-8-19(29-20)15-4-2-3-5-16(15)23/h2-10H,11-12H2,1H3. The van der Waals surface area contributed by atoms with E-state index in [2.05, 4.69) is 0 Å². The highest BCUT2D eigenvalue weighted by Gasteiger charge is 2.25. The van der Waals surface area contributed by atoms with Crippen molar-refractivity contribution in [2.45, 2.75) is 6.42 Å². The lowest BCUT2D eigenvalue weighted by atomic mass is 10.1. The summed E-state index contributed by atoms with van der Waals surface area (Å²) in [4.78, 5) is 37.8. The van der Waals surface area contributed by atoms with Crippen molar-refractivity contribution in [3.05, 3.63) is 77.3 Å². The molecule has 0 saturated heterocycles. The third-order valence-corrected chi connectivity index (χ3v) is 4.76. The average Bonchev–Trinajstić information content (AvgIpc) is 3.31. The lowest BCUT2D eigenvalue weighted by Crippen LogP contribution is -2.20. The second-order valence-electron chi connectivity index (χ2n) is 6.62. The van der Waals surface area contributed by atoms with Crippen LogP contribution in [0.2, 0.25) is 0 Å². The lowest BCUT2D eigenvalue weighted by Gasteiger charge is -2.10. The second kappa shape index (κ2) is 7.35. The average molecular weight is 393 g/mol. The maximum atomic E-state index is 13.8. The lowest BCUT2D eigenvalue weighted by molar-refractivity contribution is -0.117. The summed E-state index contributed by atoms with van der Waals surface area (Å²) in [7, 11) is 1.68. The molecule has 2 heterocycles. The van der Waals surface area contributed by atoms with Gasteiger partial charge in [-0.1, -0.05) is 12.1 Å². The van der Waals surface area contributed by atoms with Crippen LogP contribution in [-0.2, 0) is 16.0 Å². The normalized spacial score (nSPS) is 12.8. The molecule has 0 saturated carbocycles. The molecule has 0 fully saturated rings. The molecule has 1 aliphatic rings. The Balaban J connectivity index is 1.42. The number of hydrogen-bond acceptors (Lipinski definition) is 5. The van der Waals surface area contributed by atoms with Crippen LogP contribution in [0.4, 0.5) is 10.1 Å². The SMILES string of the molecule is CN1C(=O)Cc2cc(C(=O)COC(=O)c3ccc(-c4ccccc4F)o3)ccc21. The van der Waals surface area contributed by atoms with Crippen LogP contribution < -0.4 is 4.90 Å². The largest absolute Gasteiger partial charge is 0.451 e. The highest BCUT2D eigenvalue weighted by molar-refractivity contribution is 6.04. The van der Waals surface area contributed by atoms with E-state index in [0.29, 0.717) is 5.56 Å². The number of anilines is 1. The number of Topliss-reactive ketones (excluding diaryl/α,β-unsaturated/α-hetero) is 1. The van der Waals surface area contributed by atoms with Crippen LogP contribution in [0.3, 0.4) is 0 Å². The minimum absolute atomic E-state index is 0.0421. The van der Waals surface area contributed by atoms with Crippen LogP contribution >= 0.6 is 0 Å². The Morgan fingerprint density at radius 1 is 1.14 bits per heavy atom. The third-order valence-electron chi connectivity index (χ3n) is 4.76. The summed E-state index contributed by atoms with van der Waals surface area (Å²) < 4.78 is 24.2. The summed E-state index contributed by atoms with van der Waals surface area (Å²) in [5.74, 6) is -1.68. The van der Waals surface area contributed by atoms with Crippen molar-refractivity contribution < 1.29 is 27.9 Å². The summed E-state index contributed by atoms with van der Waals surface area (Å²) in [5, 5.41) is 0. The molecule has 0 bridgehead atoms. The molecule has 7 heteroatoms. The van der Waals surface area contributed by atoms with Crippen LogP contribution in [0, 0.1) is 5.82 Å². The molecule has 0 N–H and O–H groups in total. The first-order chi connectivity index (χ1) is 13.9. The molecular weight excluding hydrogens is 377 g/mol. The smallest absolute Gasteiger partial charge is 0.374 e. The van der Waals surface area contributed by atoms with Gasteiger partial charge in [-0.15, -0.1) is 0 Å². The van der Waals surface area contributed by atoms with Gasteiger partial charge in [-0.05, 0) is 48.0 Å². The first-order valence-electron chi connectivity index (χ1n) is 8.88. The molecule has 0 radical (unpaired) electrons. The number of ketones is 1. The maximum Gasteiger partial charge on any atom is 0.374 e. The van der Waals surface area contributed by atoms with E-state index < -0.39 is 24.2 Å². The van der Waals surface area contributed by atoms with E-state index in [0.717, 1.165) is 11.3 Å². The number of furan rings is 1. The summed E-state index contributed by atoms with van der Waals surface area (Å²) >= 11 is 0. The van der Waals surface area contributed by atoms with Gasteiger partial charge in [-0.25, -0.2) is 9.18 Å². The Kier molecular flexibility index (Phi) is 4.72. The Hall–Kier alpha value is -3.74. The number of hydrogen-bond donors (Lipinski definition) is 0. The number of carbonyl (C=O) groups excluding carboxylic acids is 3. The number of halogens is 1. The van der Waals surface area contributed by atoms with Gasteiger partial charge in [0.15, 0.2) is 12.4 Å². The quantitative estimate of drug-likeness (QED) is 0.489. The van der Waals surface area contributed by atoms with Crippen molar-refractivity contribution in [2.75, 3.05) is 18.6 Å². The van der Waals surface area contributed by atoms with Gasteiger partial charge < -0.3 is 14.1 Å². The number of likely N-dealkylation sites (N-methyl/N-ethyl adjacent to an activating group) is 1. The molecule has 1 amide bonds. The Bertz CT molecular complexity index is 1130. The van der Waals surface area contributed by atoms with Gasteiger partial charge in [0.1, 0.15) is 11.6 Å². The van der Waals surface area contributed by atoms with Crippen LogP contribution in [-0.4, -0.2) is 31.3 Å². The number of benzene rings is 2. The van der Waals surface area contributed by atoms with Crippen molar-refractivity contribution in [2.24, 2.45) is 0 Å². The number of rotatable bonds is 5. The molecular formula is C22H16FNO5. The van der Waals surface area contributed by atoms with Gasteiger partial charge in [0.2, 0.25) is 11.7 Å². The number of fused-ring (bicyclic) bond motifs is 1. The van der Waals surface area contributed by atoms with Crippen molar-refractivity contribution in [3.8, 4) is 11.3 Å². The fourth-order valence-electron chi connectivity index (χ4n) is 3.18. The van der Waals surface area contributed by atoms with E-state index in [1.807, 2.05) is 0 Å². The first-order valence-corrected chi connectivity index (χ1v) is 8.88. The van der Waals surface area contributed by atoms with Crippen LogP contribution in [0.25, 0.3) is 11.3 Å². The fraction of sp³-hybridized carbons (Fsp3) is 0.136. The summed E-state index contributed by atoms with van der Waals surface area (Å²) in [5.41, 5.74) is 2.10. The number of nitrogens with zero attached hydrogens (tertiary/aromatic N) is 1. The zero-order valence-electron chi connectivity index (χ0n) is 15.5. The minimum Gasteiger partial charge on any atom is -0.451 e. The highest BCUT2D eigenvalue weighted by Crippen LogP contribution is 2.28. The van der Waals surface area contributed by atoms with E-state index in [1.54, 1.807) is 37.4 Å². The second-order valence-corrected chi connectivity index (χ2v) is 6.62. The van der Waals surface area contributed by atoms with Gasteiger partial charge in [0.05, 0.1) is 12.0 Å². The van der Waals surface area contributed by atoms with Crippen molar-refractivity contribution in [3.63, 3.8) is 0 Å². The Morgan fingerprint density at radius 3 is 2.72 bits per heavy atom. The number of ether oxygens (including phenoxy) is 1. The molecule has 6 nitrogen and oxygen atoms in total. The van der Waals surface area contributed by atoms with Crippen molar-refractivity contribution in [1.29, 1.82) is 0 Å². The van der Waals surface area contributed by atoms with Gasteiger partial charge in [-0.2, -0.15) is 0 Å². The predicted octanol–water partition coefficient (Wildman–Crippen LogP) is 3.64. The van der Waals surface area contributed by atoms with Crippen LogP contribution in [0.5, 0.6) is 0 Å². The molecule has 146 valence electrons. The Labute approximate surface area is 165 Å². The highest BCUT2D eigenvalue weighted by atomic mass is 19.1. The molecule has 0 unspecified atom stereocenters. The van der Waals surface area contributed by atoms with E-state index in [-0.39, 0.29) is 29.4 Å². The zero-order valence-corrected chi connectivity index (χ0v) is 15.5. The predicted molar refractivity (Wildman–Crippen MR) is 102 cm³/mol. The van der Waals surface area contributed by atoms with Crippen LogP contribution in [0.15, 0.2) is 59.0 Å². The van der Waals surface area contributed by atoms with Crippen molar-refractivity contribution >= 4 is 23.3 Å². The molecule has 4 rings (SSSR count). The van der Waals surface area contributed by atoms with Gasteiger partial charge in [0, 0.05) is 18.3 Å². The minimum atomic E-state index is -0.822. The molecule has 0 spiro atoms. The zero-order chi connectivity index (χ0) is 20.5. The monoisotopic (exact) mass is 393 g/mol. The Morgan fingerprint density at radius 2 is 1.93 bits per heavy atom. The first kappa shape index (κ1) is 18.6.